The summed E-state index contributed by atoms with van der Waals surface area (Å²) in [5, 5.41) is 3.76. The average molecular weight is 272 g/mol. The Bertz CT molecular complexity index is 482. The lowest BCUT2D eigenvalue weighted by Crippen LogP contribution is -2.62. The Morgan fingerprint density at radius 3 is 2.80 bits per heavy atom. The molecule has 0 aromatic heterocycles. The monoisotopic (exact) mass is 272 g/mol. The second-order valence-electron chi connectivity index (χ2n) is 6.79. The highest BCUT2D eigenvalue weighted by Crippen LogP contribution is 2.31. The van der Waals surface area contributed by atoms with Gasteiger partial charge in [-0.1, -0.05) is 19.9 Å². The standard InChI is InChI=1S/C18H28N2/c1-4-16-12-19-18(3,5-2)13-20(16)17-10-9-14-7-6-8-15(14)11-17/h9-11,16,19H,4-8,12-13H2,1-3H3. The Balaban J connectivity index is 1.89. The van der Waals surface area contributed by atoms with E-state index in [2.05, 4.69) is 49.2 Å². The molecule has 1 heterocycles. The zero-order valence-corrected chi connectivity index (χ0v) is 13.2. The van der Waals surface area contributed by atoms with Gasteiger partial charge in [0.15, 0.2) is 0 Å². The van der Waals surface area contributed by atoms with Crippen LogP contribution in [-0.2, 0) is 12.8 Å². The van der Waals surface area contributed by atoms with Gasteiger partial charge in [0.25, 0.3) is 0 Å². The first-order valence-electron chi connectivity index (χ1n) is 8.28. The maximum atomic E-state index is 3.76. The minimum atomic E-state index is 0.255. The van der Waals surface area contributed by atoms with Crippen molar-refractivity contribution >= 4 is 5.69 Å². The molecule has 2 atom stereocenters. The summed E-state index contributed by atoms with van der Waals surface area (Å²) in [4.78, 5) is 2.65. The lowest BCUT2D eigenvalue weighted by molar-refractivity contribution is 0.276. The topological polar surface area (TPSA) is 15.3 Å². The van der Waals surface area contributed by atoms with Crippen molar-refractivity contribution in [2.24, 2.45) is 0 Å². The predicted octanol–water partition coefficient (Wildman–Crippen LogP) is 3.53. The van der Waals surface area contributed by atoms with E-state index in [0.717, 1.165) is 13.1 Å². The van der Waals surface area contributed by atoms with E-state index in [1.807, 2.05) is 0 Å². The Kier molecular flexibility index (Phi) is 3.76. The van der Waals surface area contributed by atoms with Gasteiger partial charge in [0.1, 0.15) is 0 Å². The molecule has 0 amide bonds. The number of fused-ring (bicyclic) bond motifs is 1. The Morgan fingerprint density at radius 2 is 2.05 bits per heavy atom. The average Bonchev–Trinajstić information content (AvgIpc) is 2.94. The summed E-state index contributed by atoms with van der Waals surface area (Å²) in [7, 11) is 0. The molecule has 3 rings (SSSR count). The van der Waals surface area contributed by atoms with Gasteiger partial charge in [-0.2, -0.15) is 0 Å². The summed E-state index contributed by atoms with van der Waals surface area (Å²) in [6.45, 7) is 9.19. The SMILES string of the molecule is CCC1CNC(C)(CC)CN1c1ccc2c(c1)CCC2. The minimum Gasteiger partial charge on any atom is -0.365 e. The molecule has 1 aromatic carbocycles. The lowest BCUT2D eigenvalue weighted by atomic mass is 9.92. The first-order chi connectivity index (χ1) is 9.65. The van der Waals surface area contributed by atoms with Crippen LogP contribution in [-0.4, -0.2) is 24.7 Å². The highest BCUT2D eigenvalue weighted by Gasteiger charge is 2.34. The zero-order valence-electron chi connectivity index (χ0n) is 13.2. The molecule has 1 saturated heterocycles. The fourth-order valence-corrected chi connectivity index (χ4v) is 3.68. The van der Waals surface area contributed by atoms with Crippen LogP contribution in [0.25, 0.3) is 0 Å². The van der Waals surface area contributed by atoms with Crippen molar-refractivity contribution in [3.63, 3.8) is 0 Å². The molecule has 1 aliphatic heterocycles. The molecule has 1 aromatic rings. The first-order valence-corrected chi connectivity index (χ1v) is 8.28. The Labute approximate surface area is 123 Å². The largest absolute Gasteiger partial charge is 0.365 e. The van der Waals surface area contributed by atoms with E-state index in [0.29, 0.717) is 6.04 Å². The van der Waals surface area contributed by atoms with Crippen LogP contribution < -0.4 is 10.2 Å². The van der Waals surface area contributed by atoms with Gasteiger partial charge in [-0.15, -0.1) is 0 Å². The van der Waals surface area contributed by atoms with Gasteiger partial charge < -0.3 is 10.2 Å². The number of nitrogens with one attached hydrogen (secondary N) is 1. The molecule has 0 saturated carbocycles. The van der Waals surface area contributed by atoms with Crippen molar-refractivity contribution in [3.05, 3.63) is 29.3 Å². The number of rotatable bonds is 3. The summed E-state index contributed by atoms with van der Waals surface area (Å²) in [6.07, 6.45) is 6.29. The molecule has 20 heavy (non-hydrogen) atoms. The number of benzene rings is 1. The van der Waals surface area contributed by atoms with Gasteiger partial charge in [0, 0.05) is 30.4 Å². The van der Waals surface area contributed by atoms with E-state index in [-0.39, 0.29) is 5.54 Å². The van der Waals surface area contributed by atoms with Crippen LogP contribution in [0.3, 0.4) is 0 Å². The summed E-state index contributed by atoms with van der Waals surface area (Å²) in [5.74, 6) is 0. The van der Waals surface area contributed by atoms with Crippen molar-refractivity contribution in [2.75, 3.05) is 18.0 Å². The summed E-state index contributed by atoms with van der Waals surface area (Å²) >= 11 is 0. The molecular formula is C18H28N2. The van der Waals surface area contributed by atoms with Gasteiger partial charge in [0.05, 0.1) is 0 Å². The van der Waals surface area contributed by atoms with E-state index in [4.69, 9.17) is 0 Å². The van der Waals surface area contributed by atoms with E-state index in [9.17, 15) is 0 Å². The number of nitrogens with zero attached hydrogens (tertiary/aromatic N) is 1. The Hall–Kier alpha value is -1.02. The van der Waals surface area contributed by atoms with Gasteiger partial charge in [-0.3, -0.25) is 0 Å². The zero-order chi connectivity index (χ0) is 14.2. The van der Waals surface area contributed by atoms with Crippen molar-refractivity contribution < 1.29 is 0 Å². The van der Waals surface area contributed by atoms with E-state index >= 15 is 0 Å². The Morgan fingerprint density at radius 1 is 1.25 bits per heavy atom. The van der Waals surface area contributed by atoms with Gasteiger partial charge in [0.2, 0.25) is 0 Å². The molecule has 1 fully saturated rings. The second kappa shape index (κ2) is 5.40. The van der Waals surface area contributed by atoms with Gasteiger partial charge in [-0.25, -0.2) is 0 Å². The van der Waals surface area contributed by atoms with Crippen LogP contribution in [0.4, 0.5) is 5.69 Å². The number of aryl methyl sites for hydroxylation is 2. The maximum absolute atomic E-state index is 3.76. The minimum absolute atomic E-state index is 0.255. The molecule has 1 N–H and O–H groups in total. The molecule has 0 radical (unpaired) electrons. The van der Waals surface area contributed by atoms with Gasteiger partial charge in [-0.05, 0) is 62.3 Å². The molecule has 0 spiro atoms. The fourth-order valence-electron chi connectivity index (χ4n) is 3.68. The molecule has 2 nitrogen and oxygen atoms in total. The molecule has 2 aliphatic rings. The number of piperazine rings is 1. The summed E-state index contributed by atoms with van der Waals surface area (Å²) in [6, 6.07) is 7.82. The number of anilines is 1. The molecule has 2 heteroatoms. The number of hydrogen-bond donors (Lipinski definition) is 1. The van der Waals surface area contributed by atoms with Crippen LogP contribution in [0.1, 0.15) is 51.2 Å². The third-order valence-electron chi connectivity index (χ3n) is 5.39. The third kappa shape index (κ3) is 2.46. The van der Waals surface area contributed by atoms with Gasteiger partial charge >= 0.3 is 0 Å². The van der Waals surface area contributed by atoms with E-state index in [1.54, 1.807) is 11.1 Å². The number of hydrogen-bond acceptors (Lipinski definition) is 2. The second-order valence-corrected chi connectivity index (χ2v) is 6.79. The van der Waals surface area contributed by atoms with Crippen molar-refractivity contribution in [1.82, 2.24) is 5.32 Å². The summed E-state index contributed by atoms with van der Waals surface area (Å²) in [5.41, 5.74) is 4.87. The smallest absolute Gasteiger partial charge is 0.0412 e. The fraction of sp³-hybridized carbons (Fsp3) is 0.667. The normalized spacial score (nSPS) is 29.6. The molecule has 2 unspecified atom stereocenters. The van der Waals surface area contributed by atoms with Crippen molar-refractivity contribution in [2.45, 2.75) is 64.5 Å². The molecule has 1 aliphatic carbocycles. The van der Waals surface area contributed by atoms with Crippen molar-refractivity contribution in [3.8, 4) is 0 Å². The van der Waals surface area contributed by atoms with Crippen LogP contribution in [0.2, 0.25) is 0 Å². The molecular weight excluding hydrogens is 244 g/mol. The van der Waals surface area contributed by atoms with Crippen LogP contribution in [0.15, 0.2) is 18.2 Å². The molecule has 110 valence electrons. The van der Waals surface area contributed by atoms with Crippen LogP contribution in [0, 0.1) is 0 Å². The lowest BCUT2D eigenvalue weighted by Gasteiger charge is -2.47. The third-order valence-corrected chi connectivity index (χ3v) is 5.39. The first kappa shape index (κ1) is 13.9. The van der Waals surface area contributed by atoms with Crippen LogP contribution >= 0.6 is 0 Å². The summed E-state index contributed by atoms with van der Waals surface area (Å²) < 4.78 is 0. The van der Waals surface area contributed by atoms with Crippen molar-refractivity contribution in [1.29, 1.82) is 0 Å². The molecule has 0 bridgehead atoms. The van der Waals surface area contributed by atoms with Crippen LogP contribution in [0.5, 0.6) is 0 Å². The quantitative estimate of drug-likeness (QED) is 0.905. The highest BCUT2D eigenvalue weighted by atomic mass is 15.3. The maximum Gasteiger partial charge on any atom is 0.0412 e. The highest BCUT2D eigenvalue weighted by molar-refractivity contribution is 5.54. The predicted molar refractivity (Wildman–Crippen MR) is 86.6 cm³/mol. The van der Waals surface area contributed by atoms with E-state index in [1.165, 1.54) is 37.8 Å². The van der Waals surface area contributed by atoms with E-state index < -0.39 is 0 Å².